The van der Waals surface area contributed by atoms with Crippen molar-refractivity contribution >= 4 is 59.1 Å². The summed E-state index contributed by atoms with van der Waals surface area (Å²) in [5, 5.41) is 3.34. The number of hydrogen-bond acceptors (Lipinski definition) is 13. The van der Waals surface area contributed by atoms with Crippen LogP contribution in [0.15, 0.2) is 91.0 Å². The van der Waals surface area contributed by atoms with Crippen LogP contribution < -0.4 is 15.6 Å². The van der Waals surface area contributed by atoms with Crippen LogP contribution in [0.4, 0.5) is 0 Å². The Kier molecular flexibility index (Phi) is 50.0. The molecular weight excluding hydrogens is 1070 g/mol. The fraction of sp³-hybridized carbons (Fsp3) is 0.700. The molecule has 454 valence electrons. The van der Waals surface area contributed by atoms with Gasteiger partial charge in [-0.15, -0.1) is 0 Å². The monoisotopic (exact) mass is 1180 g/mol. The summed E-state index contributed by atoms with van der Waals surface area (Å²) in [4.78, 5) is 0. The van der Waals surface area contributed by atoms with Crippen molar-refractivity contribution in [1.82, 2.24) is 0 Å². The summed E-state index contributed by atoms with van der Waals surface area (Å²) in [6, 6.07) is 32.4. The summed E-state index contributed by atoms with van der Waals surface area (Å²) in [7, 11) is -11.7. The van der Waals surface area contributed by atoms with E-state index in [1.165, 1.54) is 51.4 Å². The van der Waals surface area contributed by atoms with Gasteiger partial charge in [0.1, 0.15) is 0 Å². The van der Waals surface area contributed by atoms with Crippen LogP contribution in [0.1, 0.15) is 162 Å². The SMILES string of the molecule is CCCCCCCCCC[Si](OCC)(OCC)OCC.CCO[Si](C)(C)OCC.CCO[Si](CC(C)C)(OCC)OCC.CCO[Si](OCC)(OCC)c1ccccc1.CCO[Si](OCC)(c1ccccc1)c1ccccc1. The van der Waals surface area contributed by atoms with Gasteiger partial charge in [-0.25, -0.2) is 0 Å². The van der Waals surface area contributed by atoms with Gasteiger partial charge in [-0.2, -0.15) is 0 Å². The first kappa shape index (κ1) is 78.3. The number of rotatable bonds is 40. The van der Waals surface area contributed by atoms with Gasteiger partial charge < -0.3 is 57.5 Å². The van der Waals surface area contributed by atoms with E-state index in [-0.39, 0.29) is 0 Å². The third-order valence-corrected chi connectivity index (χ3v) is 26.5. The molecule has 0 aliphatic heterocycles. The molecule has 0 aromatic heterocycles. The average molecular weight is 1190 g/mol. The highest BCUT2D eigenvalue weighted by molar-refractivity contribution is 6.92. The zero-order valence-electron chi connectivity index (χ0n) is 52.8. The first-order valence-corrected chi connectivity index (χ1v) is 40.3. The van der Waals surface area contributed by atoms with Crippen LogP contribution in [0.2, 0.25) is 25.2 Å². The maximum Gasteiger partial charge on any atom is 0.537 e. The van der Waals surface area contributed by atoms with Gasteiger partial charge in [0.2, 0.25) is 0 Å². The Morgan fingerprint density at radius 1 is 0.308 bits per heavy atom. The van der Waals surface area contributed by atoms with E-state index in [1.807, 2.05) is 157 Å². The minimum atomic E-state index is -2.67. The number of unbranched alkanes of at least 4 members (excludes halogenated alkanes) is 7. The first-order chi connectivity index (χ1) is 37.6. The van der Waals surface area contributed by atoms with E-state index >= 15 is 0 Å². The first-order valence-electron chi connectivity index (χ1n) is 30.1. The molecule has 0 unspecified atom stereocenters. The summed E-state index contributed by atoms with van der Waals surface area (Å²) >= 11 is 0. The molecule has 0 saturated heterocycles. The second-order valence-electron chi connectivity index (χ2n) is 18.5. The minimum Gasteiger partial charge on any atom is -0.395 e. The Bertz CT molecular complexity index is 1620. The fourth-order valence-electron chi connectivity index (χ4n) is 8.53. The van der Waals surface area contributed by atoms with Crippen LogP contribution in [-0.4, -0.2) is 129 Å². The van der Waals surface area contributed by atoms with Crippen molar-refractivity contribution in [2.24, 2.45) is 5.92 Å². The minimum absolute atomic E-state index is 0.548. The molecule has 0 saturated carbocycles. The lowest BCUT2D eigenvalue weighted by Gasteiger charge is -2.30. The van der Waals surface area contributed by atoms with E-state index in [1.54, 1.807) is 0 Å². The summed E-state index contributed by atoms with van der Waals surface area (Å²) in [6.45, 7) is 45.3. The van der Waals surface area contributed by atoms with Crippen molar-refractivity contribution in [3.05, 3.63) is 91.0 Å². The predicted molar refractivity (Wildman–Crippen MR) is 337 cm³/mol. The van der Waals surface area contributed by atoms with Crippen LogP contribution in [0, 0.1) is 5.92 Å². The topological polar surface area (TPSA) is 120 Å². The lowest BCUT2D eigenvalue weighted by molar-refractivity contribution is 0.0680. The van der Waals surface area contributed by atoms with Gasteiger partial charge in [-0.1, -0.05) is 157 Å². The van der Waals surface area contributed by atoms with Crippen LogP contribution in [0.5, 0.6) is 0 Å². The third-order valence-electron chi connectivity index (χ3n) is 11.3. The molecule has 3 rings (SSSR count). The summed E-state index contributed by atoms with van der Waals surface area (Å²) in [6.07, 6.45) is 10.6. The molecule has 0 fully saturated rings. The third kappa shape index (κ3) is 34.0. The highest BCUT2D eigenvalue weighted by Gasteiger charge is 2.44. The van der Waals surface area contributed by atoms with Gasteiger partial charge in [0, 0.05) is 103 Å². The van der Waals surface area contributed by atoms with Gasteiger partial charge >= 0.3 is 43.5 Å². The van der Waals surface area contributed by atoms with E-state index in [0.29, 0.717) is 78.6 Å². The lowest BCUT2D eigenvalue weighted by atomic mass is 10.1. The Morgan fingerprint density at radius 2 is 0.590 bits per heavy atom. The van der Waals surface area contributed by atoms with Crippen LogP contribution in [0.3, 0.4) is 0 Å². The standard InChI is InChI=1S/C16H36O3Si.C16H20O2Si.C12H20O3Si.C10H24O3Si.C6H16O2Si/c1-5-9-10-11-12-13-14-15-16-20(17-6-2,18-7-3)19-8-4;1-3-17-19(18-4-2,15-11-7-5-8-12-15)16-13-9-6-10-14-16;1-4-13-16(14-5-2,15-6-3)12-10-8-7-9-11-12;1-6-11-14(12-7-2,13-8-3)9-10(4)5;1-5-7-9(3,4)8-6-2/h5-16H2,1-4H3;5-14H,3-4H2,1-2H3;7-11H,4-6H2,1-3H3;10H,6-9H2,1-5H3;5-6H2,1-4H3. The quantitative estimate of drug-likeness (QED) is 0.0397. The molecule has 0 N–H and O–H groups in total. The summed E-state index contributed by atoms with van der Waals surface area (Å²) < 4.78 is 75.2. The Morgan fingerprint density at radius 3 is 0.885 bits per heavy atom. The molecule has 0 aliphatic rings. The molecule has 0 heterocycles. The molecule has 0 spiro atoms. The molecule has 0 radical (unpaired) electrons. The Labute approximate surface area is 484 Å². The largest absolute Gasteiger partial charge is 0.537 e. The van der Waals surface area contributed by atoms with Crippen molar-refractivity contribution in [3.8, 4) is 0 Å². The normalized spacial score (nSPS) is 11.9. The molecule has 13 nitrogen and oxygen atoms in total. The van der Waals surface area contributed by atoms with Crippen molar-refractivity contribution in [2.45, 2.75) is 187 Å². The van der Waals surface area contributed by atoms with Crippen LogP contribution in [0.25, 0.3) is 0 Å². The van der Waals surface area contributed by atoms with Crippen molar-refractivity contribution in [1.29, 1.82) is 0 Å². The molecule has 0 aliphatic carbocycles. The van der Waals surface area contributed by atoms with Gasteiger partial charge in [0.25, 0.3) is 0 Å². The average Bonchev–Trinajstić information content (AvgIpc) is 3.41. The molecule has 0 bridgehead atoms. The Hall–Kier alpha value is -1.78. The van der Waals surface area contributed by atoms with Gasteiger partial charge in [-0.05, 0) is 126 Å². The number of hydrogen-bond donors (Lipinski definition) is 0. The van der Waals surface area contributed by atoms with Gasteiger partial charge in [0.05, 0.1) is 0 Å². The van der Waals surface area contributed by atoms with Gasteiger partial charge in [0.15, 0.2) is 0 Å². The van der Waals surface area contributed by atoms with E-state index < -0.39 is 43.5 Å². The molecular formula is C60H116O13Si5. The molecule has 0 amide bonds. The second-order valence-corrected chi connectivity index (χ2v) is 32.8. The summed E-state index contributed by atoms with van der Waals surface area (Å²) in [5.74, 6) is 0.548. The maximum atomic E-state index is 6.16. The number of benzene rings is 3. The van der Waals surface area contributed by atoms with E-state index in [4.69, 9.17) is 57.5 Å². The zero-order valence-corrected chi connectivity index (χ0v) is 57.8. The predicted octanol–water partition coefficient (Wildman–Crippen LogP) is 13.9. The highest BCUT2D eigenvalue weighted by Crippen LogP contribution is 2.22. The van der Waals surface area contributed by atoms with E-state index in [2.05, 4.69) is 58.1 Å². The highest BCUT2D eigenvalue weighted by atomic mass is 28.4. The summed E-state index contributed by atoms with van der Waals surface area (Å²) in [5.41, 5.74) is 0. The smallest absolute Gasteiger partial charge is 0.395 e. The molecule has 3 aromatic carbocycles. The molecule has 0 atom stereocenters. The Balaban J connectivity index is 0. The van der Waals surface area contributed by atoms with Crippen LogP contribution >= 0.6 is 0 Å². The van der Waals surface area contributed by atoms with Crippen molar-refractivity contribution in [3.63, 3.8) is 0 Å². The van der Waals surface area contributed by atoms with Crippen LogP contribution in [-0.2, 0) is 57.5 Å². The van der Waals surface area contributed by atoms with Gasteiger partial charge in [-0.3, -0.25) is 0 Å². The van der Waals surface area contributed by atoms with Crippen molar-refractivity contribution < 1.29 is 57.5 Å². The van der Waals surface area contributed by atoms with Crippen molar-refractivity contribution in [2.75, 3.05) is 85.9 Å². The molecule has 3 aromatic rings. The molecule has 78 heavy (non-hydrogen) atoms. The second kappa shape index (κ2) is 49.8. The van der Waals surface area contributed by atoms with E-state index in [0.717, 1.165) is 40.9 Å². The fourth-order valence-corrected chi connectivity index (χ4v) is 21.3. The maximum absolute atomic E-state index is 6.16. The molecule has 18 heteroatoms. The van der Waals surface area contributed by atoms with E-state index in [9.17, 15) is 0 Å². The zero-order chi connectivity index (χ0) is 58.9. The lowest BCUT2D eigenvalue weighted by Crippen LogP contribution is -2.63.